The van der Waals surface area contributed by atoms with E-state index in [1.54, 1.807) is 17.0 Å². The van der Waals surface area contributed by atoms with Crippen molar-refractivity contribution < 1.29 is 21.6 Å². The van der Waals surface area contributed by atoms with Crippen molar-refractivity contribution >= 4 is 5.88 Å². The summed E-state index contributed by atoms with van der Waals surface area (Å²) in [6.45, 7) is 4.15. The van der Waals surface area contributed by atoms with Crippen LogP contribution >= 0.6 is 0 Å². The number of rotatable bonds is 2. The molecule has 0 unspecified atom stereocenters. The molecule has 0 bridgehead atoms. The maximum Gasteiger partial charge on any atom is 0.293 e. The van der Waals surface area contributed by atoms with Crippen LogP contribution in [0.5, 0.6) is 0 Å². The third kappa shape index (κ3) is 2.06. The van der Waals surface area contributed by atoms with Gasteiger partial charge in [0.2, 0.25) is 5.27 Å². The van der Waals surface area contributed by atoms with Gasteiger partial charge in [-0.05, 0) is 10.8 Å². The molecule has 0 radical (unpaired) electrons. The first-order valence-electron chi connectivity index (χ1n) is 2.55. The lowest BCUT2D eigenvalue weighted by atomic mass is 10.6. The Balaban J connectivity index is 0.000000810. The maximum absolute atomic E-state index is 5.22. The van der Waals surface area contributed by atoms with E-state index in [0.29, 0.717) is 12.4 Å². The highest BCUT2D eigenvalue weighted by molar-refractivity contribution is 5.11. The van der Waals surface area contributed by atoms with Gasteiger partial charge >= 0.3 is 0 Å². The van der Waals surface area contributed by atoms with E-state index >= 15 is 0 Å². The Morgan fingerprint density at radius 2 is 2.60 bits per heavy atom. The van der Waals surface area contributed by atoms with E-state index in [1.807, 2.05) is 0 Å². The molecule has 0 fully saturated rings. The van der Waals surface area contributed by atoms with Crippen molar-refractivity contribution in [2.45, 2.75) is 6.54 Å². The molecule has 0 aliphatic heterocycles. The van der Waals surface area contributed by atoms with Crippen LogP contribution in [-0.4, -0.2) is 5.27 Å². The molecule has 0 saturated heterocycles. The van der Waals surface area contributed by atoms with Gasteiger partial charge in [0.1, 0.15) is 0 Å². The zero-order chi connectivity index (χ0) is 6.69. The van der Waals surface area contributed by atoms with Gasteiger partial charge in [-0.1, -0.05) is 6.58 Å². The summed E-state index contributed by atoms with van der Waals surface area (Å²) < 4.78 is 6.12. The third-order valence-electron chi connectivity index (χ3n) is 0.844. The second-order valence-electron chi connectivity index (χ2n) is 1.62. The Hall–Kier alpha value is -1.03. The van der Waals surface area contributed by atoms with E-state index in [2.05, 4.69) is 16.4 Å². The summed E-state index contributed by atoms with van der Waals surface area (Å²) in [6, 6.07) is 0. The van der Waals surface area contributed by atoms with Crippen molar-refractivity contribution in [3.63, 3.8) is 0 Å². The fraction of sp³-hybridized carbons (Fsp3) is 0.200. The fourth-order valence-electron chi connectivity index (χ4n) is 0.512. The van der Waals surface area contributed by atoms with Crippen LogP contribution in [0.2, 0.25) is 0 Å². The molecule has 56 valence electrons. The first-order chi connectivity index (χ1) is 4.33. The van der Waals surface area contributed by atoms with Gasteiger partial charge in [-0.2, -0.15) is 0 Å². The Bertz CT molecular complexity index is 210. The van der Waals surface area contributed by atoms with Crippen LogP contribution in [0.25, 0.3) is 0 Å². The number of nitrogens with two attached hydrogens (primary N) is 1. The first kappa shape index (κ1) is 8.97. The number of hydrogen-bond acceptors (Lipinski definition) is 3. The van der Waals surface area contributed by atoms with Gasteiger partial charge in [-0.15, -0.1) is 0 Å². The minimum absolute atomic E-state index is 0. The number of allylic oxidation sites excluding steroid dienone is 1. The van der Waals surface area contributed by atoms with E-state index < -0.39 is 0 Å². The molecule has 0 spiro atoms. The Morgan fingerprint density at radius 3 is 3.00 bits per heavy atom. The van der Waals surface area contributed by atoms with Crippen LogP contribution in [0.4, 0.5) is 5.88 Å². The number of halogens is 1. The number of aromatic nitrogens is 2. The van der Waals surface area contributed by atoms with Crippen LogP contribution in [0.3, 0.4) is 0 Å². The van der Waals surface area contributed by atoms with Gasteiger partial charge in [-0.3, -0.25) is 4.52 Å². The van der Waals surface area contributed by atoms with E-state index in [4.69, 9.17) is 5.73 Å². The van der Waals surface area contributed by atoms with E-state index in [9.17, 15) is 0 Å². The second-order valence-corrected chi connectivity index (χ2v) is 1.62. The van der Waals surface area contributed by atoms with Crippen molar-refractivity contribution in [2.75, 3.05) is 5.73 Å². The van der Waals surface area contributed by atoms with Gasteiger partial charge in [0.05, 0.1) is 0 Å². The topological polar surface area (TPSA) is 55.9 Å². The summed E-state index contributed by atoms with van der Waals surface area (Å²) in [4.78, 5) is 0. The normalized spacial score (nSPS) is 8.40. The van der Waals surface area contributed by atoms with Crippen LogP contribution < -0.4 is 22.8 Å². The molecule has 0 aliphatic rings. The number of anilines is 1. The highest BCUT2D eigenvalue weighted by atomic mass is 35.5. The molecule has 1 rings (SSSR count). The Kier molecular flexibility index (Phi) is 3.49. The highest BCUT2D eigenvalue weighted by Gasteiger charge is 2.03. The standard InChI is InChI=1S/C5H8N3O.ClH/c1-2-3-8-4-5(6)9-7-8;/h2,4H,1,3,6H2;1H/q+1;/p-1. The highest BCUT2D eigenvalue weighted by Crippen LogP contribution is 1.88. The minimum atomic E-state index is 0. The SMILES string of the molecule is C=CC[n+]1cc(N)on1.[Cl-]. The van der Waals surface area contributed by atoms with Gasteiger partial charge in [0.15, 0.2) is 6.54 Å². The predicted octanol–water partition coefficient (Wildman–Crippen LogP) is -3.27. The number of nitrogens with zero attached hydrogens (tertiary/aromatic N) is 2. The molecule has 1 aromatic rings. The molecule has 1 heterocycles. The van der Waals surface area contributed by atoms with E-state index in [0.717, 1.165) is 0 Å². The van der Waals surface area contributed by atoms with Crippen LogP contribution in [0, 0.1) is 0 Å². The van der Waals surface area contributed by atoms with Crippen molar-refractivity contribution in [3.8, 4) is 0 Å². The largest absolute Gasteiger partial charge is 1.00 e. The van der Waals surface area contributed by atoms with Crippen LogP contribution in [-0.2, 0) is 6.54 Å². The summed E-state index contributed by atoms with van der Waals surface area (Å²) in [5, 5.41) is 3.55. The Labute approximate surface area is 64.7 Å². The third-order valence-corrected chi connectivity index (χ3v) is 0.844. The van der Waals surface area contributed by atoms with Crippen molar-refractivity contribution in [1.29, 1.82) is 0 Å². The summed E-state index contributed by atoms with van der Waals surface area (Å²) in [7, 11) is 0. The maximum atomic E-state index is 5.22. The monoisotopic (exact) mass is 161 g/mol. The average molecular weight is 162 g/mol. The number of nitrogen functional groups attached to an aromatic ring is 1. The molecule has 4 nitrogen and oxygen atoms in total. The fourth-order valence-corrected chi connectivity index (χ4v) is 0.512. The van der Waals surface area contributed by atoms with Crippen LogP contribution in [0.15, 0.2) is 23.4 Å². The summed E-state index contributed by atoms with van der Waals surface area (Å²) in [5.41, 5.74) is 5.22. The van der Waals surface area contributed by atoms with E-state index in [1.165, 1.54) is 0 Å². The first-order valence-corrected chi connectivity index (χ1v) is 2.55. The van der Waals surface area contributed by atoms with Gasteiger partial charge in [0.25, 0.3) is 12.1 Å². The summed E-state index contributed by atoms with van der Waals surface area (Å²) >= 11 is 0. The zero-order valence-corrected chi connectivity index (χ0v) is 6.08. The molecule has 0 atom stereocenters. The molecular formula is C5H8ClN3O. The predicted molar refractivity (Wildman–Crippen MR) is 31.3 cm³/mol. The van der Waals surface area contributed by atoms with Crippen molar-refractivity contribution in [3.05, 3.63) is 18.9 Å². The molecule has 10 heavy (non-hydrogen) atoms. The quantitative estimate of drug-likeness (QED) is 0.366. The molecule has 0 aromatic carbocycles. The molecule has 2 N–H and O–H groups in total. The minimum Gasteiger partial charge on any atom is -1.00 e. The Morgan fingerprint density at radius 1 is 1.90 bits per heavy atom. The lowest BCUT2D eigenvalue weighted by Gasteiger charge is -1.71. The number of hydrogen-bond donors (Lipinski definition) is 1. The van der Waals surface area contributed by atoms with Crippen LogP contribution in [0.1, 0.15) is 0 Å². The molecule has 0 aliphatic carbocycles. The molecule has 5 heteroatoms. The summed E-state index contributed by atoms with van der Waals surface area (Å²) in [6.07, 6.45) is 3.31. The van der Waals surface area contributed by atoms with Gasteiger partial charge < -0.3 is 18.1 Å². The molecule has 1 aromatic heterocycles. The smallest absolute Gasteiger partial charge is 0.293 e. The van der Waals surface area contributed by atoms with Gasteiger partial charge in [0, 0.05) is 0 Å². The summed E-state index contributed by atoms with van der Waals surface area (Å²) in [5.74, 6) is 0.317. The van der Waals surface area contributed by atoms with Gasteiger partial charge in [-0.25, -0.2) is 0 Å². The lowest BCUT2D eigenvalue weighted by molar-refractivity contribution is -0.753. The molecule has 0 amide bonds. The second kappa shape index (κ2) is 3.90. The van der Waals surface area contributed by atoms with Crippen molar-refractivity contribution in [2.24, 2.45) is 0 Å². The molecular weight excluding hydrogens is 154 g/mol. The average Bonchev–Trinajstić information content (AvgIpc) is 2.17. The van der Waals surface area contributed by atoms with E-state index in [-0.39, 0.29) is 12.4 Å². The lowest BCUT2D eigenvalue weighted by Crippen LogP contribution is -3.00. The zero-order valence-electron chi connectivity index (χ0n) is 5.33. The molecule has 0 saturated carbocycles. The van der Waals surface area contributed by atoms with Crippen molar-refractivity contribution in [1.82, 2.24) is 5.27 Å².